The quantitative estimate of drug-likeness (QED) is 0.589. The molecule has 0 N–H and O–H groups in total. The first-order valence-corrected chi connectivity index (χ1v) is 7.41. The van der Waals surface area contributed by atoms with Gasteiger partial charge in [-0.05, 0) is 28.7 Å². The third-order valence-corrected chi connectivity index (χ3v) is 5.91. The minimum absolute atomic E-state index is 0.191. The lowest BCUT2D eigenvalue weighted by Gasteiger charge is -2.17. The molecular weight excluding hydrogens is 316 g/mol. The predicted molar refractivity (Wildman–Crippen MR) is 80.9 cm³/mol. The Labute approximate surface area is 125 Å². The minimum Gasteiger partial charge on any atom is -0.468 e. The summed E-state index contributed by atoms with van der Waals surface area (Å²) >= 11 is 3.66. The van der Waals surface area contributed by atoms with Crippen LogP contribution in [0.4, 0.5) is 0 Å². The summed E-state index contributed by atoms with van der Waals surface area (Å²) in [6.45, 7) is 0. The Morgan fingerprint density at radius 2 is 1.55 bits per heavy atom. The van der Waals surface area contributed by atoms with Gasteiger partial charge in [-0.2, -0.15) is 0 Å². The minimum atomic E-state index is -0.628. The van der Waals surface area contributed by atoms with Crippen LogP contribution in [0.1, 0.15) is 17.5 Å². The average molecular weight is 329 g/mol. The van der Waals surface area contributed by atoms with Crippen molar-refractivity contribution in [3.8, 4) is 11.1 Å². The lowest BCUT2D eigenvalue weighted by atomic mass is 9.91. The molecule has 0 aromatic heterocycles. The van der Waals surface area contributed by atoms with Crippen LogP contribution >= 0.6 is 15.9 Å². The van der Waals surface area contributed by atoms with Gasteiger partial charge in [-0.3, -0.25) is 4.79 Å². The molecule has 0 saturated heterocycles. The van der Waals surface area contributed by atoms with Crippen molar-refractivity contribution in [2.75, 3.05) is 7.11 Å². The van der Waals surface area contributed by atoms with Gasteiger partial charge in [0.1, 0.15) is 4.32 Å². The fourth-order valence-electron chi connectivity index (χ4n) is 3.67. The Hall–Kier alpha value is -1.61. The molecule has 2 aliphatic rings. The molecule has 20 heavy (non-hydrogen) atoms. The zero-order chi connectivity index (χ0) is 14.0. The van der Waals surface area contributed by atoms with Crippen molar-refractivity contribution >= 4 is 21.9 Å². The van der Waals surface area contributed by atoms with E-state index >= 15 is 0 Å². The van der Waals surface area contributed by atoms with Gasteiger partial charge in [0, 0.05) is 5.41 Å². The van der Waals surface area contributed by atoms with Gasteiger partial charge in [0.25, 0.3) is 0 Å². The zero-order valence-electron chi connectivity index (χ0n) is 11.0. The molecule has 2 aromatic rings. The highest BCUT2D eigenvalue weighted by atomic mass is 79.9. The number of alkyl halides is 1. The molecule has 0 aliphatic heterocycles. The number of fused-ring (bicyclic) bond motifs is 5. The fourth-order valence-corrected chi connectivity index (χ4v) is 4.68. The maximum atomic E-state index is 12.2. The Balaban J connectivity index is 2.01. The van der Waals surface area contributed by atoms with Crippen molar-refractivity contribution in [1.29, 1.82) is 0 Å². The number of carbonyl (C=O) groups is 1. The normalized spacial score (nSPS) is 24.1. The van der Waals surface area contributed by atoms with E-state index < -0.39 is 4.32 Å². The van der Waals surface area contributed by atoms with E-state index in [2.05, 4.69) is 40.2 Å². The van der Waals surface area contributed by atoms with E-state index in [4.69, 9.17) is 4.74 Å². The van der Waals surface area contributed by atoms with Gasteiger partial charge < -0.3 is 4.74 Å². The summed E-state index contributed by atoms with van der Waals surface area (Å²) in [5, 5.41) is 0. The number of carbonyl (C=O) groups excluding carboxylic acids is 1. The van der Waals surface area contributed by atoms with Crippen molar-refractivity contribution in [3.63, 3.8) is 0 Å². The summed E-state index contributed by atoms with van der Waals surface area (Å²) in [6.07, 6.45) is 0.751. The highest BCUT2D eigenvalue weighted by Gasteiger charge is 2.75. The lowest BCUT2D eigenvalue weighted by Crippen LogP contribution is -2.27. The summed E-state index contributed by atoms with van der Waals surface area (Å²) in [5.74, 6) is -0.191. The summed E-state index contributed by atoms with van der Waals surface area (Å²) in [7, 11) is 1.45. The lowest BCUT2D eigenvalue weighted by molar-refractivity contribution is -0.140. The van der Waals surface area contributed by atoms with E-state index in [1.54, 1.807) is 0 Å². The van der Waals surface area contributed by atoms with Crippen molar-refractivity contribution in [1.82, 2.24) is 0 Å². The number of ether oxygens (including phenoxy) is 1. The van der Waals surface area contributed by atoms with Crippen LogP contribution in [0.3, 0.4) is 0 Å². The number of halogens is 1. The largest absolute Gasteiger partial charge is 0.468 e. The van der Waals surface area contributed by atoms with E-state index in [-0.39, 0.29) is 11.4 Å². The predicted octanol–water partition coefficient (Wildman–Crippen LogP) is 3.66. The number of rotatable bonds is 1. The van der Waals surface area contributed by atoms with Gasteiger partial charge in [0.05, 0.1) is 7.11 Å². The van der Waals surface area contributed by atoms with Crippen molar-refractivity contribution in [3.05, 3.63) is 59.7 Å². The first kappa shape index (κ1) is 12.2. The number of methoxy groups -OCH3 is 1. The Kier molecular flexibility index (Phi) is 2.27. The summed E-state index contributed by atoms with van der Waals surface area (Å²) in [4.78, 5) is 12.2. The Morgan fingerprint density at radius 1 is 1.05 bits per heavy atom. The van der Waals surface area contributed by atoms with E-state index in [1.807, 2.05) is 24.3 Å². The third-order valence-electron chi connectivity index (χ3n) is 4.63. The van der Waals surface area contributed by atoms with Crippen LogP contribution in [0.15, 0.2) is 48.5 Å². The monoisotopic (exact) mass is 328 g/mol. The van der Waals surface area contributed by atoms with Gasteiger partial charge in [0.2, 0.25) is 0 Å². The SMILES string of the molecule is COC(=O)C1(Br)CC12c1ccccc1-c1ccccc12. The van der Waals surface area contributed by atoms with Crippen LogP contribution < -0.4 is 0 Å². The summed E-state index contributed by atoms with van der Waals surface area (Å²) in [5.41, 5.74) is 4.64. The summed E-state index contributed by atoms with van der Waals surface area (Å²) < 4.78 is 4.38. The molecule has 1 saturated carbocycles. The number of hydrogen-bond donors (Lipinski definition) is 0. The maximum absolute atomic E-state index is 12.2. The first-order chi connectivity index (χ1) is 9.65. The number of benzene rings is 2. The molecule has 0 amide bonds. The van der Waals surface area contributed by atoms with Crippen LogP contribution in [-0.2, 0) is 14.9 Å². The summed E-state index contributed by atoms with van der Waals surface area (Å²) in [6, 6.07) is 16.7. The van der Waals surface area contributed by atoms with Crippen LogP contribution in [0.5, 0.6) is 0 Å². The molecule has 0 bridgehead atoms. The number of hydrogen-bond acceptors (Lipinski definition) is 2. The van der Waals surface area contributed by atoms with Gasteiger partial charge >= 0.3 is 5.97 Å². The smallest absolute Gasteiger partial charge is 0.323 e. The van der Waals surface area contributed by atoms with Gasteiger partial charge in [0.15, 0.2) is 0 Å². The van der Waals surface area contributed by atoms with Gasteiger partial charge in [-0.25, -0.2) is 0 Å². The van der Waals surface area contributed by atoms with Gasteiger partial charge in [-0.15, -0.1) is 0 Å². The molecular formula is C17H13BrO2. The topological polar surface area (TPSA) is 26.3 Å². The van der Waals surface area contributed by atoms with E-state index in [9.17, 15) is 4.79 Å². The molecule has 0 radical (unpaired) electrons. The highest BCUT2D eigenvalue weighted by Crippen LogP contribution is 2.72. The molecule has 1 atom stereocenters. The second-order valence-electron chi connectivity index (χ2n) is 5.47. The molecule has 1 unspecified atom stereocenters. The molecule has 0 heterocycles. The molecule has 3 heteroatoms. The molecule has 4 rings (SSSR count). The Morgan fingerprint density at radius 3 is 2.05 bits per heavy atom. The van der Waals surface area contributed by atoms with Crippen molar-refractivity contribution < 1.29 is 9.53 Å². The van der Waals surface area contributed by atoms with Crippen molar-refractivity contribution in [2.24, 2.45) is 0 Å². The highest BCUT2D eigenvalue weighted by molar-refractivity contribution is 9.10. The van der Waals surface area contributed by atoms with E-state index in [0.717, 1.165) is 6.42 Å². The van der Waals surface area contributed by atoms with Gasteiger partial charge in [-0.1, -0.05) is 64.5 Å². The van der Waals surface area contributed by atoms with Crippen LogP contribution in [-0.4, -0.2) is 17.4 Å². The maximum Gasteiger partial charge on any atom is 0.323 e. The molecule has 2 nitrogen and oxygen atoms in total. The zero-order valence-corrected chi connectivity index (χ0v) is 12.6. The molecule has 1 spiro atoms. The molecule has 1 fully saturated rings. The second kappa shape index (κ2) is 3.73. The van der Waals surface area contributed by atoms with Crippen LogP contribution in [0, 0.1) is 0 Å². The molecule has 2 aromatic carbocycles. The average Bonchev–Trinajstić information content (AvgIpc) is 3.05. The van der Waals surface area contributed by atoms with E-state index in [1.165, 1.54) is 29.4 Å². The van der Waals surface area contributed by atoms with Crippen molar-refractivity contribution in [2.45, 2.75) is 16.2 Å². The first-order valence-electron chi connectivity index (χ1n) is 6.62. The Bertz CT molecular complexity index is 692. The molecule has 100 valence electrons. The van der Waals surface area contributed by atoms with Crippen LogP contribution in [0.25, 0.3) is 11.1 Å². The third kappa shape index (κ3) is 1.18. The molecule has 2 aliphatic carbocycles. The van der Waals surface area contributed by atoms with Crippen LogP contribution in [0.2, 0.25) is 0 Å². The second-order valence-corrected chi connectivity index (χ2v) is 6.82. The fraction of sp³-hybridized carbons (Fsp3) is 0.235. The van der Waals surface area contributed by atoms with E-state index in [0.29, 0.717) is 0 Å². The number of esters is 1. The standard InChI is InChI=1S/C17H13BrO2/c1-20-15(19)17(18)10-16(17)13-8-4-2-6-11(13)12-7-3-5-9-14(12)16/h2-9H,10H2,1H3.